The minimum atomic E-state index is 0.0559. The normalized spacial score (nSPS) is 9.73. The second-order valence-electron chi connectivity index (χ2n) is 3.64. The predicted octanol–water partition coefficient (Wildman–Crippen LogP) is 3.23. The third-order valence-electron chi connectivity index (χ3n) is 2.04. The second-order valence-corrected chi connectivity index (χ2v) is 3.64. The Hall–Kier alpha value is -1.57. The zero-order chi connectivity index (χ0) is 11.3. The molecule has 0 unspecified atom stereocenters. The summed E-state index contributed by atoms with van der Waals surface area (Å²) in [5.41, 5.74) is 1.78. The van der Waals surface area contributed by atoms with E-state index in [9.17, 15) is 4.79 Å². The van der Waals surface area contributed by atoms with Gasteiger partial charge in [0.05, 0.1) is 6.61 Å². The SMILES string of the molecule is C=C(C)CCOc1cccc(C(C)=O)c1. The van der Waals surface area contributed by atoms with E-state index in [0.29, 0.717) is 12.2 Å². The number of rotatable bonds is 5. The number of Topliss-reactive ketones (excluding diaryl/α,β-unsaturated/α-hetero) is 1. The van der Waals surface area contributed by atoms with Crippen LogP contribution in [0.4, 0.5) is 0 Å². The Bertz CT molecular complexity index is 367. The molecule has 0 saturated heterocycles. The Morgan fingerprint density at radius 3 is 2.73 bits per heavy atom. The van der Waals surface area contributed by atoms with E-state index in [1.54, 1.807) is 19.1 Å². The van der Waals surface area contributed by atoms with E-state index in [4.69, 9.17) is 4.74 Å². The van der Waals surface area contributed by atoms with E-state index in [2.05, 4.69) is 6.58 Å². The summed E-state index contributed by atoms with van der Waals surface area (Å²) >= 11 is 0. The number of carbonyl (C=O) groups is 1. The smallest absolute Gasteiger partial charge is 0.159 e. The van der Waals surface area contributed by atoms with Crippen LogP contribution in [-0.2, 0) is 0 Å². The molecule has 0 aromatic heterocycles. The summed E-state index contributed by atoms with van der Waals surface area (Å²) in [4.78, 5) is 11.1. The van der Waals surface area contributed by atoms with Crippen molar-refractivity contribution < 1.29 is 9.53 Å². The summed E-state index contributed by atoms with van der Waals surface area (Å²) in [6.45, 7) is 7.92. The Balaban J connectivity index is 2.58. The highest BCUT2D eigenvalue weighted by Crippen LogP contribution is 2.14. The van der Waals surface area contributed by atoms with E-state index < -0.39 is 0 Å². The average Bonchev–Trinajstić information content (AvgIpc) is 2.17. The molecule has 2 heteroatoms. The van der Waals surface area contributed by atoms with Crippen LogP contribution in [0.25, 0.3) is 0 Å². The van der Waals surface area contributed by atoms with Crippen molar-refractivity contribution in [2.75, 3.05) is 6.61 Å². The molecule has 80 valence electrons. The van der Waals surface area contributed by atoms with Crippen LogP contribution in [0.15, 0.2) is 36.4 Å². The van der Waals surface area contributed by atoms with Gasteiger partial charge >= 0.3 is 0 Å². The molecule has 0 radical (unpaired) electrons. The van der Waals surface area contributed by atoms with Crippen molar-refractivity contribution in [1.82, 2.24) is 0 Å². The maximum Gasteiger partial charge on any atom is 0.159 e. The lowest BCUT2D eigenvalue weighted by atomic mass is 10.1. The Morgan fingerprint density at radius 1 is 1.40 bits per heavy atom. The summed E-state index contributed by atoms with van der Waals surface area (Å²) in [5, 5.41) is 0. The van der Waals surface area contributed by atoms with Gasteiger partial charge in [-0.3, -0.25) is 4.79 Å². The molecule has 0 aliphatic carbocycles. The summed E-state index contributed by atoms with van der Waals surface area (Å²) in [6.07, 6.45) is 0.838. The maximum atomic E-state index is 11.1. The molecule has 0 N–H and O–H groups in total. The number of benzene rings is 1. The number of hydrogen-bond acceptors (Lipinski definition) is 2. The fraction of sp³-hybridized carbons (Fsp3) is 0.308. The van der Waals surface area contributed by atoms with Gasteiger partial charge in [-0.25, -0.2) is 0 Å². The van der Waals surface area contributed by atoms with Crippen LogP contribution >= 0.6 is 0 Å². The van der Waals surface area contributed by atoms with Gasteiger partial charge in [0.25, 0.3) is 0 Å². The number of ether oxygens (including phenoxy) is 1. The monoisotopic (exact) mass is 204 g/mol. The van der Waals surface area contributed by atoms with Crippen LogP contribution in [0.1, 0.15) is 30.6 Å². The molecule has 1 aromatic rings. The van der Waals surface area contributed by atoms with Crippen molar-refractivity contribution in [2.45, 2.75) is 20.3 Å². The lowest BCUT2D eigenvalue weighted by Crippen LogP contribution is -1.99. The van der Waals surface area contributed by atoms with Crippen molar-refractivity contribution in [3.8, 4) is 5.75 Å². The van der Waals surface area contributed by atoms with Crippen molar-refractivity contribution in [3.05, 3.63) is 42.0 Å². The van der Waals surface area contributed by atoms with Crippen molar-refractivity contribution in [3.63, 3.8) is 0 Å². The van der Waals surface area contributed by atoms with Crippen LogP contribution in [0.5, 0.6) is 5.75 Å². The minimum Gasteiger partial charge on any atom is -0.493 e. The molecule has 0 aliphatic rings. The predicted molar refractivity (Wildman–Crippen MR) is 61.4 cm³/mol. The molecule has 0 atom stereocenters. The van der Waals surface area contributed by atoms with E-state index in [1.165, 1.54) is 0 Å². The van der Waals surface area contributed by atoms with Crippen LogP contribution in [0.2, 0.25) is 0 Å². The Kier molecular flexibility index (Phi) is 4.10. The molecule has 0 bridgehead atoms. The van der Waals surface area contributed by atoms with Gasteiger partial charge in [-0.2, -0.15) is 0 Å². The molecular weight excluding hydrogens is 188 g/mol. The molecule has 15 heavy (non-hydrogen) atoms. The third kappa shape index (κ3) is 3.98. The first-order chi connectivity index (χ1) is 7.09. The lowest BCUT2D eigenvalue weighted by Gasteiger charge is -2.06. The molecule has 0 spiro atoms. The fourth-order valence-electron chi connectivity index (χ4n) is 1.15. The van der Waals surface area contributed by atoms with Crippen LogP contribution in [0.3, 0.4) is 0 Å². The van der Waals surface area contributed by atoms with Gasteiger partial charge < -0.3 is 4.74 Å². The highest BCUT2D eigenvalue weighted by molar-refractivity contribution is 5.94. The number of ketones is 1. The van der Waals surface area contributed by atoms with Gasteiger partial charge in [0.1, 0.15) is 5.75 Å². The van der Waals surface area contributed by atoms with E-state index in [1.807, 2.05) is 19.1 Å². The topological polar surface area (TPSA) is 26.3 Å². The van der Waals surface area contributed by atoms with Gasteiger partial charge in [-0.05, 0) is 26.0 Å². The van der Waals surface area contributed by atoms with Crippen molar-refractivity contribution in [1.29, 1.82) is 0 Å². The Morgan fingerprint density at radius 2 is 2.13 bits per heavy atom. The highest BCUT2D eigenvalue weighted by atomic mass is 16.5. The molecular formula is C13H16O2. The van der Waals surface area contributed by atoms with Gasteiger partial charge in [-0.1, -0.05) is 17.7 Å². The van der Waals surface area contributed by atoms with Gasteiger partial charge in [-0.15, -0.1) is 6.58 Å². The summed E-state index contributed by atoms with van der Waals surface area (Å²) < 4.78 is 5.49. The first-order valence-corrected chi connectivity index (χ1v) is 4.98. The summed E-state index contributed by atoms with van der Waals surface area (Å²) in [7, 11) is 0. The third-order valence-corrected chi connectivity index (χ3v) is 2.04. The molecule has 0 amide bonds. The standard InChI is InChI=1S/C13H16O2/c1-10(2)7-8-15-13-6-4-5-12(9-13)11(3)14/h4-6,9H,1,7-8H2,2-3H3. The molecule has 0 aliphatic heterocycles. The molecule has 1 aromatic carbocycles. The van der Waals surface area contributed by atoms with Crippen molar-refractivity contribution in [2.24, 2.45) is 0 Å². The van der Waals surface area contributed by atoms with Gasteiger partial charge in [0, 0.05) is 12.0 Å². The quantitative estimate of drug-likeness (QED) is 0.543. The molecule has 2 nitrogen and oxygen atoms in total. The summed E-state index contributed by atoms with van der Waals surface area (Å²) in [5.74, 6) is 0.796. The zero-order valence-electron chi connectivity index (χ0n) is 9.25. The first kappa shape index (κ1) is 11.5. The van der Waals surface area contributed by atoms with Crippen LogP contribution in [-0.4, -0.2) is 12.4 Å². The minimum absolute atomic E-state index is 0.0559. The zero-order valence-corrected chi connectivity index (χ0v) is 9.25. The highest BCUT2D eigenvalue weighted by Gasteiger charge is 2.00. The van der Waals surface area contributed by atoms with Gasteiger partial charge in [0.2, 0.25) is 0 Å². The van der Waals surface area contributed by atoms with Crippen LogP contribution < -0.4 is 4.74 Å². The van der Waals surface area contributed by atoms with Gasteiger partial charge in [0.15, 0.2) is 5.78 Å². The van der Waals surface area contributed by atoms with Crippen LogP contribution in [0, 0.1) is 0 Å². The van der Waals surface area contributed by atoms with E-state index >= 15 is 0 Å². The number of carbonyl (C=O) groups excluding carboxylic acids is 1. The second kappa shape index (κ2) is 5.35. The molecule has 0 heterocycles. The lowest BCUT2D eigenvalue weighted by molar-refractivity contribution is 0.101. The van der Waals surface area contributed by atoms with E-state index in [-0.39, 0.29) is 5.78 Å². The largest absolute Gasteiger partial charge is 0.493 e. The van der Waals surface area contributed by atoms with E-state index in [0.717, 1.165) is 17.7 Å². The Labute approximate surface area is 90.6 Å². The molecule has 0 saturated carbocycles. The van der Waals surface area contributed by atoms with Crippen molar-refractivity contribution >= 4 is 5.78 Å². The first-order valence-electron chi connectivity index (χ1n) is 4.98. The fourth-order valence-corrected chi connectivity index (χ4v) is 1.15. The molecule has 0 fully saturated rings. The average molecular weight is 204 g/mol. The maximum absolute atomic E-state index is 11.1. The molecule has 1 rings (SSSR count). The summed E-state index contributed by atoms with van der Waals surface area (Å²) in [6, 6.07) is 7.23. The number of hydrogen-bond donors (Lipinski definition) is 0.